The Balaban J connectivity index is 1.27. The Morgan fingerprint density at radius 3 is 2.84 bits per heavy atom. The molecule has 6 aliphatic rings. The SMILES string of the molecule is CC1=C2C[C@H]3[C@@H](CC=C4C[C@@H](N=O)CC[C@@]43C)[C@@H]2CC[C@@]2(C1)O[C@@H]1C[C@H](C)CN[C@H]1[C@H]2C. The van der Waals surface area contributed by atoms with Crippen LogP contribution in [0.15, 0.2) is 28.0 Å². The number of allylic oxidation sites excluding steroid dienone is 2. The third-order valence-electron chi connectivity index (χ3n) is 11.2. The van der Waals surface area contributed by atoms with Crippen molar-refractivity contribution in [1.82, 2.24) is 5.32 Å². The van der Waals surface area contributed by atoms with E-state index in [0.29, 0.717) is 18.1 Å². The van der Waals surface area contributed by atoms with E-state index < -0.39 is 0 Å². The van der Waals surface area contributed by atoms with Crippen LogP contribution in [0.4, 0.5) is 0 Å². The summed E-state index contributed by atoms with van der Waals surface area (Å²) in [4.78, 5) is 11.2. The topological polar surface area (TPSA) is 50.7 Å². The Bertz CT molecular complexity index is 863. The van der Waals surface area contributed by atoms with Crippen LogP contribution in [0.1, 0.15) is 85.5 Å². The van der Waals surface area contributed by atoms with Gasteiger partial charge in [0.25, 0.3) is 0 Å². The zero-order chi connectivity index (χ0) is 22.3. The van der Waals surface area contributed by atoms with Crippen molar-refractivity contribution in [2.45, 2.75) is 109 Å². The predicted molar refractivity (Wildman–Crippen MR) is 128 cm³/mol. The second-order valence-corrected chi connectivity index (χ2v) is 12.8. The Morgan fingerprint density at radius 2 is 2.03 bits per heavy atom. The van der Waals surface area contributed by atoms with Crippen molar-refractivity contribution >= 4 is 0 Å². The summed E-state index contributed by atoms with van der Waals surface area (Å²) >= 11 is 0. The van der Waals surface area contributed by atoms with Gasteiger partial charge in [-0.2, -0.15) is 4.91 Å². The third-order valence-corrected chi connectivity index (χ3v) is 11.2. The molecule has 4 heteroatoms. The first kappa shape index (κ1) is 21.5. The van der Waals surface area contributed by atoms with Gasteiger partial charge in [0.15, 0.2) is 0 Å². The van der Waals surface area contributed by atoms with E-state index in [2.05, 4.69) is 44.3 Å². The van der Waals surface area contributed by atoms with Gasteiger partial charge >= 0.3 is 0 Å². The molecule has 0 bridgehead atoms. The van der Waals surface area contributed by atoms with E-state index in [1.807, 2.05) is 0 Å². The molecule has 4 aliphatic carbocycles. The van der Waals surface area contributed by atoms with Gasteiger partial charge in [0, 0.05) is 12.0 Å². The predicted octanol–water partition coefficient (Wildman–Crippen LogP) is 6.17. The first-order chi connectivity index (χ1) is 15.3. The lowest BCUT2D eigenvalue weighted by Gasteiger charge is -2.48. The van der Waals surface area contributed by atoms with Gasteiger partial charge < -0.3 is 10.1 Å². The second-order valence-electron chi connectivity index (χ2n) is 12.8. The molecular formula is C28H42N2O2. The molecule has 176 valence electrons. The number of nitrogens with one attached hydrogen (secondary N) is 1. The summed E-state index contributed by atoms with van der Waals surface area (Å²) in [6.45, 7) is 10.9. The van der Waals surface area contributed by atoms with Crippen molar-refractivity contribution in [3.63, 3.8) is 0 Å². The highest BCUT2D eigenvalue weighted by Gasteiger charge is 2.58. The zero-order valence-electron chi connectivity index (χ0n) is 20.5. The van der Waals surface area contributed by atoms with Crippen LogP contribution in [-0.2, 0) is 4.74 Å². The van der Waals surface area contributed by atoms with Crippen molar-refractivity contribution in [3.8, 4) is 0 Å². The minimum atomic E-state index is 0.0134. The number of nitrogens with zero attached hydrogens (tertiary/aromatic N) is 1. The van der Waals surface area contributed by atoms with E-state index in [-0.39, 0.29) is 17.1 Å². The molecule has 4 nitrogen and oxygen atoms in total. The van der Waals surface area contributed by atoms with Gasteiger partial charge in [-0.25, -0.2) is 0 Å². The highest BCUT2D eigenvalue weighted by molar-refractivity contribution is 5.34. The maximum atomic E-state index is 11.2. The fourth-order valence-electron chi connectivity index (χ4n) is 9.30. The smallest absolute Gasteiger partial charge is 0.0957 e. The lowest BCUT2D eigenvalue weighted by molar-refractivity contribution is -0.0719. The molecule has 0 amide bonds. The molecule has 0 aromatic heterocycles. The van der Waals surface area contributed by atoms with Gasteiger partial charge in [-0.3, -0.25) is 0 Å². The van der Waals surface area contributed by atoms with E-state index in [1.54, 1.807) is 16.7 Å². The summed E-state index contributed by atoms with van der Waals surface area (Å²) in [5.41, 5.74) is 5.31. The number of fused-ring (bicyclic) bond motifs is 6. The van der Waals surface area contributed by atoms with Crippen molar-refractivity contribution in [3.05, 3.63) is 27.7 Å². The van der Waals surface area contributed by atoms with Gasteiger partial charge in [-0.15, -0.1) is 0 Å². The molecule has 2 aliphatic heterocycles. The van der Waals surface area contributed by atoms with Crippen molar-refractivity contribution in [2.24, 2.45) is 40.2 Å². The number of piperidine rings is 1. The third kappa shape index (κ3) is 3.00. The second kappa shape index (κ2) is 7.50. The molecule has 0 aromatic carbocycles. The molecule has 10 atom stereocenters. The maximum absolute atomic E-state index is 11.2. The summed E-state index contributed by atoms with van der Waals surface area (Å²) in [7, 11) is 0. The molecule has 32 heavy (non-hydrogen) atoms. The van der Waals surface area contributed by atoms with Gasteiger partial charge in [-0.05, 0) is 100 Å². The monoisotopic (exact) mass is 438 g/mol. The standard InChI is InChI=1S/C28H42N2O2/c1-16-11-25-26(29-15-16)18(3)28(32-25)10-8-21-22-6-5-19-12-20(30-31)7-9-27(19,4)24(22)13-23(21)17(2)14-28/h5,16,18,20-22,24-26,29H,6-15H2,1-4H3/t16-,18+,20-,21-,22-,24-,25+,26-,27-,28-/m0/s1. The van der Waals surface area contributed by atoms with E-state index in [0.717, 1.165) is 55.9 Å². The van der Waals surface area contributed by atoms with Crippen LogP contribution in [0.5, 0.6) is 0 Å². The normalized spacial score (nSPS) is 52.6. The average Bonchev–Trinajstić information content (AvgIpc) is 3.23. The number of nitroso groups, excluding NO2 is 1. The molecule has 0 aromatic rings. The van der Waals surface area contributed by atoms with Crippen LogP contribution >= 0.6 is 0 Å². The minimum Gasteiger partial charge on any atom is -0.369 e. The Morgan fingerprint density at radius 1 is 1.19 bits per heavy atom. The lowest BCUT2D eigenvalue weighted by atomic mass is 9.56. The Labute approximate surface area is 194 Å². The fourth-order valence-corrected chi connectivity index (χ4v) is 9.30. The van der Waals surface area contributed by atoms with E-state index in [4.69, 9.17) is 4.74 Å². The van der Waals surface area contributed by atoms with Crippen LogP contribution in [0.2, 0.25) is 0 Å². The minimum absolute atomic E-state index is 0.0134. The first-order valence-corrected chi connectivity index (χ1v) is 13.5. The maximum Gasteiger partial charge on any atom is 0.0957 e. The molecule has 6 rings (SSSR count). The van der Waals surface area contributed by atoms with Crippen LogP contribution < -0.4 is 5.32 Å². The van der Waals surface area contributed by atoms with Crippen LogP contribution in [0, 0.1) is 39.9 Å². The molecule has 2 heterocycles. The van der Waals surface area contributed by atoms with E-state index in [1.165, 1.54) is 32.1 Å². The summed E-state index contributed by atoms with van der Waals surface area (Å²) in [6, 6.07) is 0.551. The van der Waals surface area contributed by atoms with Crippen molar-refractivity contribution < 1.29 is 4.74 Å². The van der Waals surface area contributed by atoms with Gasteiger partial charge in [0.05, 0.1) is 17.7 Å². The number of hydrogen-bond donors (Lipinski definition) is 1. The quantitative estimate of drug-likeness (QED) is 0.394. The summed E-state index contributed by atoms with van der Waals surface area (Å²) in [5, 5.41) is 7.26. The Kier molecular flexibility index (Phi) is 5.05. The number of ether oxygens (including phenoxy) is 1. The molecule has 4 fully saturated rings. The number of hydrogen-bond acceptors (Lipinski definition) is 4. The molecule has 1 N–H and O–H groups in total. The summed E-state index contributed by atoms with van der Waals surface area (Å²) in [5.74, 6) is 3.58. The first-order valence-electron chi connectivity index (χ1n) is 13.5. The Hall–Kier alpha value is -1.00. The van der Waals surface area contributed by atoms with E-state index in [9.17, 15) is 4.91 Å². The van der Waals surface area contributed by atoms with Crippen LogP contribution in [0.3, 0.4) is 0 Å². The van der Waals surface area contributed by atoms with E-state index >= 15 is 0 Å². The molecule has 0 unspecified atom stereocenters. The molecule has 1 spiro atoms. The molecule has 2 saturated heterocycles. The van der Waals surface area contributed by atoms with Gasteiger partial charge in [-0.1, -0.05) is 48.7 Å². The fraction of sp³-hybridized carbons (Fsp3) is 0.857. The van der Waals surface area contributed by atoms with Gasteiger partial charge in [0.2, 0.25) is 0 Å². The molecule has 2 saturated carbocycles. The van der Waals surface area contributed by atoms with Crippen molar-refractivity contribution in [2.75, 3.05) is 6.54 Å². The van der Waals surface area contributed by atoms with Crippen LogP contribution in [0.25, 0.3) is 0 Å². The largest absolute Gasteiger partial charge is 0.369 e. The summed E-state index contributed by atoms with van der Waals surface area (Å²) in [6.07, 6.45) is 13.3. The van der Waals surface area contributed by atoms with Gasteiger partial charge in [0.1, 0.15) is 0 Å². The van der Waals surface area contributed by atoms with Crippen molar-refractivity contribution in [1.29, 1.82) is 0 Å². The highest BCUT2D eigenvalue weighted by atomic mass is 16.5. The molecular weight excluding hydrogens is 396 g/mol. The number of rotatable bonds is 1. The summed E-state index contributed by atoms with van der Waals surface area (Å²) < 4.78 is 7.01. The lowest BCUT2D eigenvalue weighted by Crippen LogP contribution is -2.48. The van der Waals surface area contributed by atoms with Crippen LogP contribution in [-0.4, -0.2) is 30.3 Å². The average molecular weight is 439 g/mol. The molecule has 0 radical (unpaired) electrons. The zero-order valence-corrected chi connectivity index (χ0v) is 20.5. The highest BCUT2D eigenvalue weighted by Crippen LogP contribution is 2.63.